The van der Waals surface area contributed by atoms with Crippen LogP contribution in [0.3, 0.4) is 0 Å². The lowest BCUT2D eigenvalue weighted by Gasteiger charge is -2.19. The zero-order valence-corrected chi connectivity index (χ0v) is 18.8. The number of nitro benzene ring substituents is 1. The Kier molecular flexibility index (Phi) is 10.8. The van der Waals surface area contributed by atoms with Gasteiger partial charge in [-0.1, -0.05) is 35.9 Å². The van der Waals surface area contributed by atoms with Crippen molar-refractivity contribution in [2.75, 3.05) is 20.3 Å². The number of halogens is 2. The van der Waals surface area contributed by atoms with Gasteiger partial charge >= 0.3 is 0 Å². The van der Waals surface area contributed by atoms with E-state index in [1.165, 1.54) is 12.1 Å². The van der Waals surface area contributed by atoms with Crippen LogP contribution in [0.2, 0.25) is 5.02 Å². The number of nitrogens with zero attached hydrogens (tertiary/aromatic N) is 2. The monoisotopic (exact) mass is 518 g/mol. The van der Waals surface area contributed by atoms with Gasteiger partial charge in [0, 0.05) is 30.8 Å². The van der Waals surface area contributed by atoms with Crippen molar-refractivity contribution in [2.45, 2.75) is 19.5 Å². The minimum atomic E-state index is -0.418. The second-order valence-corrected chi connectivity index (χ2v) is 6.37. The average Bonchev–Trinajstić information content (AvgIpc) is 2.66. The number of rotatable bonds is 8. The number of hydrogen-bond donors (Lipinski definition) is 2. The molecule has 0 heterocycles. The standard InChI is InChI=1S/C19H23ClN4O3.HI/c1-14(16-4-3-5-17(20)12-16)23-19(21-10-11-27-2)22-13-15-6-8-18(9-7-15)24(25)26;/h3-9,12,14H,10-11,13H2,1-2H3,(H2,21,22,23);1H. The number of benzene rings is 2. The third kappa shape index (κ3) is 7.99. The van der Waals surface area contributed by atoms with Crippen molar-refractivity contribution in [3.63, 3.8) is 0 Å². The molecule has 0 radical (unpaired) electrons. The molecule has 0 spiro atoms. The minimum absolute atomic E-state index is 0. The first-order valence-corrected chi connectivity index (χ1v) is 8.90. The van der Waals surface area contributed by atoms with Crippen molar-refractivity contribution in [2.24, 2.45) is 4.99 Å². The van der Waals surface area contributed by atoms with Crippen LogP contribution >= 0.6 is 35.6 Å². The quantitative estimate of drug-likeness (QED) is 0.136. The van der Waals surface area contributed by atoms with Gasteiger partial charge in [-0.2, -0.15) is 0 Å². The summed E-state index contributed by atoms with van der Waals surface area (Å²) in [6, 6.07) is 14.0. The third-order valence-corrected chi connectivity index (χ3v) is 4.10. The Morgan fingerprint density at radius 2 is 2.00 bits per heavy atom. The van der Waals surface area contributed by atoms with E-state index in [1.807, 2.05) is 31.2 Å². The number of nitro groups is 1. The molecule has 0 bridgehead atoms. The van der Waals surface area contributed by atoms with Crippen LogP contribution in [0.25, 0.3) is 0 Å². The van der Waals surface area contributed by atoms with Crippen LogP contribution in [0.5, 0.6) is 0 Å². The highest BCUT2D eigenvalue weighted by Gasteiger charge is 2.09. The summed E-state index contributed by atoms with van der Waals surface area (Å²) >= 11 is 6.07. The summed E-state index contributed by atoms with van der Waals surface area (Å²) < 4.78 is 5.07. The minimum Gasteiger partial charge on any atom is -0.383 e. The molecule has 2 N–H and O–H groups in total. The number of aliphatic imine (C=N–C) groups is 1. The fourth-order valence-corrected chi connectivity index (χ4v) is 2.58. The van der Waals surface area contributed by atoms with Crippen molar-refractivity contribution in [3.8, 4) is 0 Å². The summed E-state index contributed by atoms with van der Waals surface area (Å²) in [6.45, 7) is 3.56. The van der Waals surface area contributed by atoms with E-state index in [1.54, 1.807) is 19.2 Å². The Morgan fingerprint density at radius 3 is 2.61 bits per heavy atom. The zero-order valence-electron chi connectivity index (χ0n) is 15.7. The number of nitrogens with one attached hydrogen (secondary N) is 2. The van der Waals surface area contributed by atoms with E-state index in [2.05, 4.69) is 15.6 Å². The van der Waals surface area contributed by atoms with E-state index in [4.69, 9.17) is 16.3 Å². The van der Waals surface area contributed by atoms with Gasteiger partial charge < -0.3 is 15.4 Å². The molecule has 0 aliphatic carbocycles. The van der Waals surface area contributed by atoms with Crippen molar-refractivity contribution >= 4 is 47.2 Å². The molecular formula is C19H24ClIN4O3. The van der Waals surface area contributed by atoms with Crippen molar-refractivity contribution in [1.29, 1.82) is 0 Å². The predicted molar refractivity (Wildman–Crippen MR) is 123 cm³/mol. The van der Waals surface area contributed by atoms with E-state index in [0.29, 0.717) is 30.7 Å². The summed E-state index contributed by atoms with van der Waals surface area (Å²) in [5.41, 5.74) is 1.98. The number of ether oxygens (including phenoxy) is 1. The summed E-state index contributed by atoms with van der Waals surface area (Å²) in [5, 5.41) is 18.0. The molecule has 0 aliphatic heterocycles. The predicted octanol–water partition coefficient (Wildman–Crippen LogP) is 4.31. The molecule has 9 heteroatoms. The van der Waals surface area contributed by atoms with Gasteiger partial charge in [0.25, 0.3) is 5.69 Å². The molecular weight excluding hydrogens is 495 g/mol. The molecule has 1 atom stereocenters. The van der Waals surface area contributed by atoms with Gasteiger partial charge in [-0.3, -0.25) is 10.1 Å². The first-order chi connectivity index (χ1) is 13.0. The topological polar surface area (TPSA) is 88.8 Å². The molecule has 0 fully saturated rings. The van der Waals surface area contributed by atoms with Crippen LogP contribution in [0.1, 0.15) is 24.1 Å². The molecule has 0 saturated heterocycles. The molecule has 7 nitrogen and oxygen atoms in total. The van der Waals surface area contributed by atoms with Crippen LogP contribution < -0.4 is 10.6 Å². The van der Waals surface area contributed by atoms with E-state index >= 15 is 0 Å². The van der Waals surface area contributed by atoms with Gasteiger partial charge in [-0.15, -0.1) is 24.0 Å². The smallest absolute Gasteiger partial charge is 0.269 e. The summed E-state index contributed by atoms with van der Waals surface area (Å²) in [4.78, 5) is 14.9. The van der Waals surface area contributed by atoms with Crippen LogP contribution in [0.4, 0.5) is 5.69 Å². The van der Waals surface area contributed by atoms with Crippen molar-refractivity contribution in [3.05, 3.63) is 74.8 Å². The molecule has 1 unspecified atom stereocenters. The van der Waals surface area contributed by atoms with Crippen LogP contribution in [-0.4, -0.2) is 31.1 Å². The fourth-order valence-electron chi connectivity index (χ4n) is 2.38. The fraction of sp³-hybridized carbons (Fsp3) is 0.316. The van der Waals surface area contributed by atoms with E-state index in [9.17, 15) is 10.1 Å². The Hall–Kier alpha value is -1.91. The van der Waals surface area contributed by atoms with E-state index in [0.717, 1.165) is 11.1 Å². The van der Waals surface area contributed by atoms with Gasteiger partial charge in [-0.05, 0) is 30.2 Å². The number of guanidine groups is 1. The van der Waals surface area contributed by atoms with Gasteiger partial charge in [0.1, 0.15) is 0 Å². The van der Waals surface area contributed by atoms with E-state index in [-0.39, 0.29) is 35.7 Å². The van der Waals surface area contributed by atoms with Gasteiger partial charge in [0.2, 0.25) is 0 Å². The summed E-state index contributed by atoms with van der Waals surface area (Å²) in [7, 11) is 1.64. The Balaban J connectivity index is 0.00000392. The van der Waals surface area contributed by atoms with Crippen molar-refractivity contribution < 1.29 is 9.66 Å². The molecule has 0 aromatic heterocycles. The largest absolute Gasteiger partial charge is 0.383 e. The number of hydrogen-bond acceptors (Lipinski definition) is 4. The van der Waals surface area contributed by atoms with Crippen LogP contribution in [0, 0.1) is 10.1 Å². The third-order valence-electron chi connectivity index (χ3n) is 3.87. The lowest BCUT2D eigenvalue weighted by molar-refractivity contribution is -0.384. The van der Waals surface area contributed by atoms with Crippen LogP contribution in [0.15, 0.2) is 53.5 Å². The number of methoxy groups -OCH3 is 1. The summed E-state index contributed by atoms with van der Waals surface area (Å²) in [6.07, 6.45) is 0. The maximum absolute atomic E-state index is 10.7. The van der Waals surface area contributed by atoms with Gasteiger partial charge in [-0.25, -0.2) is 4.99 Å². The molecule has 0 aliphatic rings. The highest BCUT2D eigenvalue weighted by molar-refractivity contribution is 14.0. The lowest BCUT2D eigenvalue weighted by Crippen LogP contribution is -2.40. The first-order valence-electron chi connectivity index (χ1n) is 8.52. The Bertz CT molecular complexity index is 787. The molecule has 2 rings (SSSR count). The Labute approximate surface area is 186 Å². The number of non-ortho nitro benzene ring substituents is 1. The molecule has 152 valence electrons. The summed E-state index contributed by atoms with van der Waals surface area (Å²) in [5.74, 6) is 0.623. The second kappa shape index (κ2) is 12.5. The maximum Gasteiger partial charge on any atom is 0.269 e. The van der Waals surface area contributed by atoms with E-state index < -0.39 is 4.92 Å². The van der Waals surface area contributed by atoms with Crippen molar-refractivity contribution in [1.82, 2.24) is 10.6 Å². The van der Waals surface area contributed by atoms with Gasteiger partial charge in [0.15, 0.2) is 5.96 Å². The lowest BCUT2D eigenvalue weighted by atomic mass is 10.1. The molecule has 0 amide bonds. The van der Waals surface area contributed by atoms with Gasteiger partial charge in [0.05, 0.1) is 24.1 Å². The molecule has 28 heavy (non-hydrogen) atoms. The molecule has 2 aromatic rings. The zero-order chi connectivity index (χ0) is 19.6. The second-order valence-electron chi connectivity index (χ2n) is 5.93. The normalized spacial score (nSPS) is 12.0. The SMILES string of the molecule is COCCNC(=NCc1ccc([N+](=O)[O-])cc1)NC(C)c1cccc(Cl)c1.I. The molecule has 0 saturated carbocycles. The highest BCUT2D eigenvalue weighted by Crippen LogP contribution is 2.17. The average molecular weight is 519 g/mol. The molecule has 2 aromatic carbocycles. The Morgan fingerprint density at radius 1 is 1.29 bits per heavy atom. The first kappa shape index (κ1) is 24.1. The van der Waals surface area contributed by atoms with Crippen LogP contribution in [-0.2, 0) is 11.3 Å². The maximum atomic E-state index is 10.7. The highest BCUT2D eigenvalue weighted by atomic mass is 127.